The van der Waals surface area contributed by atoms with Crippen molar-refractivity contribution in [2.45, 2.75) is 18.3 Å². The number of hydrogen-bond acceptors (Lipinski definition) is 4. The Morgan fingerprint density at radius 2 is 1.93 bits per heavy atom. The number of nitrogens with zero attached hydrogens (tertiary/aromatic N) is 3. The Morgan fingerprint density at radius 1 is 1.17 bits per heavy atom. The largest absolute Gasteiger partial charge is 0.381 e. The molecule has 2 fully saturated rings. The average Bonchev–Trinajstić information content (AvgIpc) is 2.79. The van der Waals surface area contributed by atoms with Gasteiger partial charge in [0.25, 0.3) is 0 Å². The van der Waals surface area contributed by atoms with Crippen LogP contribution < -0.4 is 10.2 Å². The number of benzene rings is 1. The van der Waals surface area contributed by atoms with E-state index >= 15 is 0 Å². The number of urea groups is 1. The van der Waals surface area contributed by atoms with Crippen LogP contribution in [0.5, 0.6) is 0 Å². The topological polar surface area (TPSA) is 57.7 Å². The third-order valence-corrected chi connectivity index (χ3v) is 6.29. The Morgan fingerprint density at radius 3 is 2.60 bits per heavy atom. The van der Waals surface area contributed by atoms with E-state index in [9.17, 15) is 9.18 Å². The minimum Gasteiger partial charge on any atom is -0.381 e. The number of anilines is 1. The van der Waals surface area contributed by atoms with Gasteiger partial charge in [0.15, 0.2) is 0 Å². The number of carbonyl (C=O) groups is 1. The molecular weight excluding hydrogens is 407 g/mol. The standard InChI is InChI=1S/C22H26ClFN4O2/c23-18-4-5-20(25-15-18)27-8-10-28(11-9-27)21(29)26-16-22(6-12-30-13-7-22)17-2-1-3-19(24)14-17/h1-5,14-15H,6-13,16H2,(H,26,29). The highest BCUT2D eigenvalue weighted by Gasteiger charge is 2.35. The summed E-state index contributed by atoms with van der Waals surface area (Å²) in [5, 5.41) is 3.71. The van der Waals surface area contributed by atoms with Gasteiger partial charge in [-0.1, -0.05) is 23.7 Å². The second kappa shape index (κ2) is 9.18. The molecule has 0 atom stereocenters. The molecule has 0 saturated carbocycles. The molecule has 3 heterocycles. The molecule has 6 nitrogen and oxygen atoms in total. The first-order valence-electron chi connectivity index (χ1n) is 10.3. The smallest absolute Gasteiger partial charge is 0.317 e. The highest BCUT2D eigenvalue weighted by Crippen LogP contribution is 2.34. The lowest BCUT2D eigenvalue weighted by atomic mass is 9.74. The number of aromatic nitrogens is 1. The van der Waals surface area contributed by atoms with Crippen molar-refractivity contribution in [2.75, 3.05) is 50.8 Å². The molecule has 160 valence electrons. The number of amides is 2. The highest BCUT2D eigenvalue weighted by molar-refractivity contribution is 6.30. The summed E-state index contributed by atoms with van der Waals surface area (Å²) in [4.78, 5) is 21.1. The molecule has 0 unspecified atom stereocenters. The van der Waals surface area contributed by atoms with Crippen molar-refractivity contribution in [1.82, 2.24) is 15.2 Å². The number of rotatable bonds is 4. The number of nitrogens with one attached hydrogen (secondary N) is 1. The average molecular weight is 433 g/mol. The van der Waals surface area contributed by atoms with Crippen LogP contribution in [-0.4, -0.2) is 61.9 Å². The van der Waals surface area contributed by atoms with Gasteiger partial charge in [0.1, 0.15) is 11.6 Å². The fourth-order valence-electron chi connectivity index (χ4n) is 4.20. The summed E-state index contributed by atoms with van der Waals surface area (Å²) < 4.78 is 19.4. The minimum atomic E-state index is -0.301. The van der Waals surface area contributed by atoms with Crippen molar-refractivity contribution in [3.8, 4) is 0 Å². The first-order chi connectivity index (χ1) is 14.6. The number of pyridine rings is 1. The van der Waals surface area contributed by atoms with E-state index in [1.807, 2.05) is 23.1 Å². The molecule has 0 radical (unpaired) electrons. The molecule has 0 bridgehead atoms. The maximum absolute atomic E-state index is 13.8. The van der Waals surface area contributed by atoms with Crippen molar-refractivity contribution in [1.29, 1.82) is 0 Å². The van der Waals surface area contributed by atoms with E-state index in [1.165, 1.54) is 6.07 Å². The van der Waals surface area contributed by atoms with Gasteiger partial charge in [-0.3, -0.25) is 0 Å². The van der Waals surface area contributed by atoms with Crippen LogP contribution in [0.3, 0.4) is 0 Å². The molecule has 1 aromatic heterocycles. The van der Waals surface area contributed by atoms with Crippen LogP contribution >= 0.6 is 11.6 Å². The quantitative estimate of drug-likeness (QED) is 0.803. The van der Waals surface area contributed by atoms with E-state index in [4.69, 9.17) is 16.3 Å². The molecule has 1 N–H and O–H groups in total. The molecule has 30 heavy (non-hydrogen) atoms. The van der Waals surface area contributed by atoms with Crippen molar-refractivity contribution in [3.63, 3.8) is 0 Å². The molecule has 0 spiro atoms. The fourth-order valence-corrected chi connectivity index (χ4v) is 4.31. The van der Waals surface area contributed by atoms with Gasteiger partial charge in [-0.25, -0.2) is 14.2 Å². The van der Waals surface area contributed by atoms with E-state index in [-0.39, 0.29) is 17.3 Å². The van der Waals surface area contributed by atoms with Gasteiger partial charge in [0.2, 0.25) is 0 Å². The lowest BCUT2D eigenvalue weighted by Crippen LogP contribution is -2.54. The van der Waals surface area contributed by atoms with Crippen LogP contribution in [0.25, 0.3) is 0 Å². The molecule has 4 rings (SSSR count). The first-order valence-corrected chi connectivity index (χ1v) is 10.7. The van der Waals surface area contributed by atoms with Crippen LogP contribution in [-0.2, 0) is 10.2 Å². The van der Waals surface area contributed by atoms with Gasteiger partial charge < -0.3 is 19.9 Å². The second-order valence-corrected chi connectivity index (χ2v) is 8.31. The summed E-state index contributed by atoms with van der Waals surface area (Å²) in [5.74, 6) is 0.614. The minimum absolute atomic E-state index is 0.0824. The van der Waals surface area contributed by atoms with Crippen LogP contribution in [0.15, 0.2) is 42.6 Å². The number of hydrogen-bond donors (Lipinski definition) is 1. The van der Waals surface area contributed by atoms with Crippen LogP contribution in [0.2, 0.25) is 5.02 Å². The number of ether oxygens (including phenoxy) is 1. The predicted octanol–water partition coefficient (Wildman–Crippen LogP) is 3.45. The summed E-state index contributed by atoms with van der Waals surface area (Å²) in [6, 6.07) is 10.3. The molecule has 2 aliphatic rings. The van der Waals surface area contributed by atoms with E-state index in [0.717, 1.165) is 24.2 Å². The molecule has 0 aliphatic carbocycles. The Labute approximate surface area is 181 Å². The SMILES string of the molecule is O=C(NCC1(c2cccc(F)c2)CCOCC1)N1CCN(c2ccc(Cl)cn2)CC1. The highest BCUT2D eigenvalue weighted by atomic mass is 35.5. The fraction of sp³-hybridized carbons (Fsp3) is 0.455. The summed E-state index contributed by atoms with van der Waals surface area (Å²) >= 11 is 5.91. The van der Waals surface area contributed by atoms with Gasteiger partial charge >= 0.3 is 6.03 Å². The van der Waals surface area contributed by atoms with E-state index in [2.05, 4.69) is 15.2 Å². The van der Waals surface area contributed by atoms with Gasteiger partial charge in [0, 0.05) is 57.5 Å². The molecule has 2 aliphatic heterocycles. The number of halogens is 2. The van der Waals surface area contributed by atoms with Crippen LogP contribution in [0, 0.1) is 5.82 Å². The van der Waals surface area contributed by atoms with E-state index in [0.29, 0.717) is 51.0 Å². The van der Waals surface area contributed by atoms with Crippen molar-refractivity contribution in [3.05, 3.63) is 59.0 Å². The molecular formula is C22H26ClFN4O2. The second-order valence-electron chi connectivity index (χ2n) is 7.87. The third-order valence-electron chi connectivity index (χ3n) is 6.07. The Balaban J connectivity index is 1.36. The monoisotopic (exact) mass is 432 g/mol. The Kier molecular flexibility index (Phi) is 6.39. The summed E-state index contributed by atoms with van der Waals surface area (Å²) in [7, 11) is 0. The first kappa shape index (κ1) is 20.9. The number of carbonyl (C=O) groups excluding carboxylic acids is 1. The van der Waals surface area contributed by atoms with E-state index in [1.54, 1.807) is 18.3 Å². The molecule has 1 aromatic carbocycles. The van der Waals surface area contributed by atoms with Crippen LogP contribution in [0.4, 0.5) is 15.0 Å². The zero-order chi connectivity index (χ0) is 21.0. The maximum atomic E-state index is 13.8. The third kappa shape index (κ3) is 4.68. The Hall–Kier alpha value is -2.38. The van der Waals surface area contributed by atoms with Crippen molar-refractivity contribution < 1.29 is 13.9 Å². The lowest BCUT2D eigenvalue weighted by Gasteiger charge is -2.39. The summed E-state index contributed by atoms with van der Waals surface area (Å²) in [5.41, 5.74) is 0.621. The molecule has 8 heteroatoms. The summed E-state index contributed by atoms with van der Waals surface area (Å²) in [6.45, 7) is 4.35. The summed E-state index contributed by atoms with van der Waals surface area (Å²) in [6.07, 6.45) is 3.15. The van der Waals surface area contributed by atoms with Crippen LogP contribution in [0.1, 0.15) is 18.4 Å². The Bertz CT molecular complexity index is 866. The van der Waals surface area contributed by atoms with Gasteiger partial charge in [-0.2, -0.15) is 0 Å². The van der Waals surface area contributed by atoms with Crippen molar-refractivity contribution in [2.24, 2.45) is 0 Å². The van der Waals surface area contributed by atoms with Gasteiger partial charge in [-0.15, -0.1) is 0 Å². The molecule has 2 aromatic rings. The molecule has 2 saturated heterocycles. The predicted molar refractivity (Wildman–Crippen MR) is 115 cm³/mol. The maximum Gasteiger partial charge on any atom is 0.317 e. The van der Waals surface area contributed by atoms with Gasteiger partial charge in [0.05, 0.1) is 5.02 Å². The normalized spacial score (nSPS) is 18.9. The zero-order valence-electron chi connectivity index (χ0n) is 16.8. The van der Waals surface area contributed by atoms with Gasteiger partial charge in [-0.05, 0) is 42.7 Å². The van der Waals surface area contributed by atoms with E-state index < -0.39 is 0 Å². The van der Waals surface area contributed by atoms with Crippen molar-refractivity contribution >= 4 is 23.4 Å². The molecule has 2 amide bonds. The lowest BCUT2D eigenvalue weighted by molar-refractivity contribution is 0.0500. The zero-order valence-corrected chi connectivity index (χ0v) is 17.6. The number of piperazine rings is 1.